The van der Waals surface area contributed by atoms with Crippen LogP contribution in [0.5, 0.6) is 0 Å². The molecule has 0 aliphatic carbocycles. The van der Waals surface area contributed by atoms with Crippen LogP contribution >= 0.6 is 34.4 Å². The lowest BCUT2D eigenvalue weighted by molar-refractivity contribution is -0.136. The summed E-state index contributed by atoms with van der Waals surface area (Å²) in [6.45, 7) is 1.27. The number of hydrogen-bond donors (Lipinski definition) is 0. The highest BCUT2D eigenvalue weighted by molar-refractivity contribution is 14.1. The molecular formula is C17H17IN2O3S. The number of hydrogen-bond acceptors (Lipinski definition) is 4. The van der Waals surface area contributed by atoms with Crippen LogP contribution in [-0.4, -0.2) is 46.5 Å². The van der Waals surface area contributed by atoms with E-state index in [-0.39, 0.29) is 23.6 Å². The van der Waals surface area contributed by atoms with Crippen molar-refractivity contribution in [2.75, 3.05) is 19.6 Å². The van der Waals surface area contributed by atoms with Crippen molar-refractivity contribution in [1.29, 1.82) is 0 Å². The summed E-state index contributed by atoms with van der Waals surface area (Å²) < 4.78 is 1.01. The van der Waals surface area contributed by atoms with Gasteiger partial charge >= 0.3 is 0 Å². The van der Waals surface area contributed by atoms with Gasteiger partial charge in [-0.05, 0) is 71.3 Å². The summed E-state index contributed by atoms with van der Waals surface area (Å²) in [5, 5.41) is -0.373. The fraction of sp³-hybridized carbons (Fsp3) is 0.353. The third kappa shape index (κ3) is 3.83. The Morgan fingerprint density at radius 3 is 2.58 bits per heavy atom. The number of halogens is 1. The van der Waals surface area contributed by atoms with E-state index in [0.717, 1.165) is 45.1 Å². The number of benzene rings is 1. The van der Waals surface area contributed by atoms with Crippen LogP contribution in [0.4, 0.5) is 4.79 Å². The van der Waals surface area contributed by atoms with Crippen molar-refractivity contribution in [3.05, 3.63) is 38.3 Å². The van der Waals surface area contributed by atoms with Crippen LogP contribution in [0, 0.1) is 3.57 Å². The molecule has 0 spiro atoms. The van der Waals surface area contributed by atoms with Gasteiger partial charge in [-0.15, -0.1) is 0 Å². The molecule has 24 heavy (non-hydrogen) atoms. The molecule has 0 atom stereocenters. The Morgan fingerprint density at radius 1 is 1.17 bits per heavy atom. The zero-order valence-corrected chi connectivity index (χ0v) is 16.0. The van der Waals surface area contributed by atoms with E-state index in [4.69, 9.17) is 0 Å². The van der Waals surface area contributed by atoms with Crippen LogP contribution in [0.2, 0.25) is 0 Å². The Balaban J connectivity index is 1.72. The number of nitrogens with zero attached hydrogens (tertiary/aromatic N) is 2. The molecule has 0 radical (unpaired) electrons. The van der Waals surface area contributed by atoms with Gasteiger partial charge in [-0.3, -0.25) is 19.3 Å². The molecule has 126 valence electrons. The zero-order chi connectivity index (χ0) is 17.1. The van der Waals surface area contributed by atoms with Gasteiger partial charge in [-0.25, -0.2) is 0 Å². The molecule has 2 heterocycles. The summed E-state index contributed by atoms with van der Waals surface area (Å²) in [4.78, 5) is 40.1. The minimum atomic E-state index is -0.380. The molecule has 0 bridgehead atoms. The van der Waals surface area contributed by atoms with E-state index in [1.807, 2.05) is 24.3 Å². The SMILES string of the molecule is O=C(CN1C(=O)S/C(=C\c2ccccc2I)C1=O)N1CCCCC1. The molecule has 1 aromatic carbocycles. The summed E-state index contributed by atoms with van der Waals surface area (Å²) in [7, 11) is 0. The summed E-state index contributed by atoms with van der Waals surface area (Å²) in [5.74, 6) is -0.525. The Hall–Kier alpha value is -1.35. The number of rotatable bonds is 3. The zero-order valence-electron chi connectivity index (χ0n) is 13.0. The van der Waals surface area contributed by atoms with E-state index in [0.29, 0.717) is 18.0 Å². The van der Waals surface area contributed by atoms with Gasteiger partial charge in [0, 0.05) is 16.7 Å². The minimum absolute atomic E-state index is 0.146. The molecular weight excluding hydrogens is 439 g/mol. The summed E-state index contributed by atoms with van der Waals surface area (Å²) in [5.41, 5.74) is 0.894. The van der Waals surface area contributed by atoms with Crippen LogP contribution in [0.25, 0.3) is 6.08 Å². The predicted molar refractivity (Wildman–Crippen MR) is 102 cm³/mol. The standard InChI is InChI=1S/C17H17IN2O3S/c18-13-7-3-2-6-12(13)10-14-16(22)20(17(23)24-14)11-15(21)19-8-4-1-5-9-19/h2-3,6-7,10H,1,4-5,8-9,11H2/b14-10-. The lowest BCUT2D eigenvalue weighted by atomic mass is 10.1. The lowest BCUT2D eigenvalue weighted by Crippen LogP contribution is -2.44. The smallest absolute Gasteiger partial charge is 0.294 e. The molecule has 3 amide bonds. The van der Waals surface area contributed by atoms with Crippen molar-refractivity contribution in [2.45, 2.75) is 19.3 Å². The first-order chi connectivity index (χ1) is 11.6. The second-order valence-corrected chi connectivity index (χ2v) is 7.89. The Kier molecular flexibility index (Phi) is 5.60. The van der Waals surface area contributed by atoms with Crippen molar-refractivity contribution < 1.29 is 14.4 Å². The van der Waals surface area contributed by atoms with Crippen molar-refractivity contribution >= 4 is 57.5 Å². The number of amides is 3. The van der Waals surface area contributed by atoms with Gasteiger partial charge in [-0.2, -0.15) is 0 Å². The topological polar surface area (TPSA) is 57.7 Å². The third-order valence-corrected chi connectivity index (χ3v) is 5.96. The number of thioether (sulfide) groups is 1. The highest BCUT2D eigenvalue weighted by Crippen LogP contribution is 2.33. The molecule has 0 saturated carbocycles. The van der Waals surface area contributed by atoms with E-state index in [1.165, 1.54) is 0 Å². The molecule has 2 fully saturated rings. The Labute approximate surface area is 158 Å². The molecule has 2 saturated heterocycles. The summed E-state index contributed by atoms with van der Waals surface area (Å²) in [6.07, 6.45) is 4.82. The fourth-order valence-electron chi connectivity index (χ4n) is 2.75. The number of likely N-dealkylation sites (tertiary alicyclic amines) is 1. The van der Waals surface area contributed by atoms with Crippen LogP contribution in [-0.2, 0) is 9.59 Å². The maximum absolute atomic E-state index is 12.5. The van der Waals surface area contributed by atoms with Gasteiger partial charge in [0.25, 0.3) is 11.1 Å². The largest absolute Gasteiger partial charge is 0.341 e. The molecule has 0 aromatic heterocycles. The van der Waals surface area contributed by atoms with Crippen LogP contribution in [0.3, 0.4) is 0 Å². The normalized spacial score (nSPS) is 20.1. The van der Waals surface area contributed by atoms with Crippen molar-refractivity contribution in [3.8, 4) is 0 Å². The van der Waals surface area contributed by atoms with Gasteiger partial charge in [-0.1, -0.05) is 18.2 Å². The number of piperidine rings is 1. The van der Waals surface area contributed by atoms with Gasteiger partial charge in [0.1, 0.15) is 6.54 Å². The van der Waals surface area contributed by atoms with Crippen LogP contribution < -0.4 is 0 Å². The van der Waals surface area contributed by atoms with Gasteiger partial charge in [0.2, 0.25) is 5.91 Å². The minimum Gasteiger partial charge on any atom is -0.341 e. The second-order valence-electron chi connectivity index (χ2n) is 5.73. The lowest BCUT2D eigenvalue weighted by Gasteiger charge is -2.27. The monoisotopic (exact) mass is 456 g/mol. The maximum atomic E-state index is 12.5. The highest BCUT2D eigenvalue weighted by atomic mass is 127. The van der Waals surface area contributed by atoms with E-state index in [1.54, 1.807) is 11.0 Å². The maximum Gasteiger partial charge on any atom is 0.294 e. The highest BCUT2D eigenvalue weighted by Gasteiger charge is 2.37. The summed E-state index contributed by atoms with van der Waals surface area (Å²) in [6, 6.07) is 7.64. The van der Waals surface area contributed by atoms with E-state index in [2.05, 4.69) is 22.6 Å². The van der Waals surface area contributed by atoms with Gasteiger partial charge in [0.05, 0.1) is 4.91 Å². The van der Waals surface area contributed by atoms with Crippen LogP contribution in [0.15, 0.2) is 29.2 Å². The van der Waals surface area contributed by atoms with Crippen molar-refractivity contribution in [3.63, 3.8) is 0 Å². The molecule has 5 nitrogen and oxygen atoms in total. The van der Waals surface area contributed by atoms with E-state index < -0.39 is 0 Å². The van der Waals surface area contributed by atoms with Gasteiger partial charge < -0.3 is 4.90 Å². The second kappa shape index (κ2) is 7.69. The van der Waals surface area contributed by atoms with Crippen molar-refractivity contribution in [1.82, 2.24) is 9.80 Å². The average Bonchev–Trinajstić information content (AvgIpc) is 2.85. The number of carbonyl (C=O) groups is 3. The predicted octanol–water partition coefficient (Wildman–Crippen LogP) is 3.34. The first-order valence-electron chi connectivity index (χ1n) is 7.84. The molecule has 0 N–H and O–H groups in total. The Morgan fingerprint density at radius 2 is 1.88 bits per heavy atom. The Bertz CT molecular complexity index is 714. The molecule has 0 unspecified atom stereocenters. The number of carbonyl (C=O) groups excluding carboxylic acids is 3. The average molecular weight is 456 g/mol. The number of imide groups is 1. The molecule has 3 rings (SSSR count). The van der Waals surface area contributed by atoms with Gasteiger partial charge in [0.15, 0.2) is 0 Å². The van der Waals surface area contributed by atoms with E-state index in [9.17, 15) is 14.4 Å². The van der Waals surface area contributed by atoms with Crippen molar-refractivity contribution in [2.24, 2.45) is 0 Å². The first kappa shape index (κ1) is 17.5. The molecule has 7 heteroatoms. The van der Waals surface area contributed by atoms with E-state index >= 15 is 0 Å². The quantitative estimate of drug-likeness (QED) is 0.517. The molecule has 1 aromatic rings. The summed E-state index contributed by atoms with van der Waals surface area (Å²) >= 11 is 3.09. The molecule has 2 aliphatic heterocycles. The van der Waals surface area contributed by atoms with Crippen LogP contribution in [0.1, 0.15) is 24.8 Å². The third-order valence-electron chi connectivity index (χ3n) is 4.07. The fourth-order valence-corrected chi connectivity index (χ4v) is 4.12. The molecule has 2 aliphatic rings. The first-order valence-corrected chi connectivity index (χ1v) is 9.73.